The smallest absolute Gasteiger partial charge is 0.407 e. The number of benzene rings is 1. The topological polar surface area (TPSA) is 89.4 Å². The second-order valence-electron chi connectivity index (χ2n) is 6.49. The van der Waals surface area contributed by atoms with Crippen LogP contribution in [-0.4, -0.2) is 56.9 Å². The van der Waals surface area contributed by atoms with Gasteiger partial charge in [0.25, 0.3) is 5.91 Å². The Labute approximate surface area is 144 Å². The van der Waals surface area contributed by atoms with E-state index >= 15 is 0 Å². The van der Waals surface area contributed by atoms with Crippen LogP contribution in [0.25, 0.3) is 5.69 Å². The van der Waals surface area contributed by atoms with Crippen molar-refractivity contribution < 1.29 is 14.3 Å². The maximum Gasteiger partial charge on any atom is 0.407 e. The summed E-state index contributed by atoms with van der Waals surface area (Å²) in [5.41, 5.74) is 1.10. The number of aromatic nitrogens is 3. The van der Waals surface area contributed by atoms with Crippen LogP contribution in [0.4, 0.5) is 4.79 Å². The Morgan fingerprint density at radius 1 is 1.12 bits per heavy atom. The molecule has 2 aromatic rings. The first kappa shape index (κ1) is 15.6. The highest BCUT2D eigenvalue weighted by molar-refractivity contribution is 5.94. The number of amides is 2. The number of nitrogens with zero attached hydrogens (tertiary/aromatic N) is 4. The van der Waals surface area contributed by atoms with E-state index in [4.69, 9.17) is 4.74 Å². The summed E-state index contributed by atoms with van der Waals surface area (Å²) in [5, 5.41) is 10.3. The molecule has 0 saturated carbocycles. The van der Waals surface area contributed by atoms with Gasteiger partial charge in [-0.15, -0.1) is 10.2 Å². The molecule has 2 aliphatic rings. The Balaban J connectivity index is 1.45. The minimum absolute atomic E-state index is 0.00430. The van der Waals surface area contributed by atoms with Gasteiger partial charge in [0.05, 0.1) is 6.54 Å². The van der Waals surface area contributed by atoms with Crippen LogP contribution >= 0.6 is 0 Å². The number of carbonyl (C=O) groups is 2. The van der Waals surface area contributed by atoms with E-state index in [1.54, 1.807) is 17.2 Å². The molecule has 1 unspecified atom stereocenters. The van der Waals surface area contributed by atoms with Gasteiger partial charge in [-0.25, -0.2) is 4.79 Å². The van der Waals surface area contributed by atoms with Gasteiger partial charge in [0.1, 0.15) is 18.3 Å². The molecule has 8 nitrogen and oxygen atoms in total. The SMILES string of the molecule is O=C1NCC2(CCCN(C(=O)c3ccc(-n4cnnc4)cc3)CC2)O1. The molecule has 8 heteroatoms. The molecule has 1 N–H and O–H groups in total. The van der Waals surface area contributed by atoms with Crippen LogP contribution in [0.1, 0.15) is 29.6 Å². The second kappa shape index (κ2) is 6.19. The molecule has 2 aliphatic heterocycles. The van der Waals surface area contributed by atoms with Crippen molar-refractivity contribution in [3.05, 3.63) is 42.5 Å². The number of nitrogens with one attached hydrogen (secondary N) is 1. The summed E-state index contributed by atoms with van der Waals surface area (Å²) in [7, 11) is 0. The first-order valence-corrected chi connectivity index (χ1v) is 8.36. The third kappa shape index (κ3) is 3.07. The highest BCUT2D eigenvalue weighted by Crippen LogP contribution is 2.29. The fourth-order valence-corrected chi connectivity index (χ4v) is 3.44. The highest BCUT2D eigenvalue weighted by atomic mass is 16.6. The lowest BCUT2D eigenvalue weighted by atomic mass is 9.95. The van der Waals surface area contributed by atoms with Crippen molar-refractivity contribution in [2.24, 2.45) is 0 Å². The fourth-order valence-electron chi connectivity index (χ4n) is 3.44. The van der Waals surface area contributed by atoms with E-state index in [-0.39, 0.29) is 12.0 Å². The summed E-state index contributed by atoms with van der Waals surface area (Å²) in [5.74, 6) is 0.00430. The van der Waals surface area contributed by atoms with Crippen LogP contribution in [-0.2, 0) is 4.74 Å². The number of carbonyl (C=O) groups excluding carboxylic acids is 2. The van der Waals surface area contributed by atoms with Crippen molar-refractivity contribution in [1.29, 1.82) is 0 Å². The summed E-state index contributed by atoms with van der Waals surface area (Å²) < 4.78 is 7.24. The second-order valence-corrected chi connectivity index (χ2v) is 6.49. The van der Waals surface area contributed by atoms with Crippen LogP contribution in [0.5, 0.6) is 0 Å². The summed E-state index contributed by atoms with van der Waals surface area (Å²) in [6, 6.07) is 7.38. The van der Waals surface area contributed by atoms with Gasteiger partial charge in [0.2, 0.25) is 0 Å². The van der Waals surface area contributed by atoms with Crippen LogP contribution in [0.2, 0.25) is 0 Å². The van der Waals surface area contributed by atoms with Crippen LogP contribution < -0.4 is 5.32 Å². The molecule has 0 bridgehead atoms. The summed E-state index contributed by atoms with van der Waals surface area (Å²) in [6.45, 7) is 1.79. The van der Waals surface area contributed by atoms with Crippen molar-refractivity contribution in [2.45, 2.75) is 24.9 Å². The third-order valence-corrected chi connectivity index (χ3v) is 4.88. The zero-order chi connectivity index (χ0) is 17.3. The number of hydrogen-bond acceptors (Lipinski definition) is 5. The minimum atomic E-state index is -0.454. The number of ether oxygens (including phenoxy) is 1. The molecule has 3 heterocycles. The summed E-state index contributed by atoms with van der Waals surface area (Å²) in [6.07, 6.45) is 5.13. The van der Waals surface area contributed by atoms with Gasteiger partial charge < -0.3 is 15.0 Å². The van der Waals surface area contributed by atoms with Crippen molar-refractivity contribution in [3.8, 4) is 5.69 Å². The normalized spacial score (nSPS) is 23.2. The van der Waals surface area contributed by atoms with Gasteiger partial charge >= 0.3 is 6.09 Å². The van der Waals surface area contributed by atoms with E-state index in [9.17, 15) is 9.59 Å². The minimum Gasteiger partial charge on any atom is -0.441 e. The average molecular weight is 341 g/mol. The largest absolute Gasteiger partial charge is 0.441 e. The predicted octanol–water partition coefficient (Wildman–Crippen LogP) is 1.37. The van der Waals surface area contributed by atoms with Crippen LogP contribution in [0.15, 0.2) is 36.9 Å². The molecule has 2 amide bonds. The van der Waals surface area contributed by atoms with Gasteiger partial charge in [-0.05, 0) is 37.1 Å². The predicted molar refractivity (Wildman–Crippen MR) is 88.3 cm³/mol. The monoisotopic (exact) mass is 341 g/mol. The van der Waals surface area contributed by atoms with E-state index in [1.165, 1.54) is 0 Å². The molecular weight excluding hydrogens is 322 g/mol. The maximum absolute atomic E-state index is 12.8. The number of rotatable bonds is 2. The molecule has 1 aromatic heterocycles. The van der Waals surface area contributed by atoms with Crippen molar-refractivity contribution in [3.63, 3.8) is 0 Å². The van der Waals surface area contributed by atoms with Crippen LogP contribution in [0, 0.1) is 0 Å². The lowest BCUT2D eigenvalue weighted by Gasteiger charge is -2.25. The lowest BCUT2D eigenvalue weighted by molar-refractivity contribution is 0.0438. The zero-order valence-electron chi connectivity index (χ0n) is 13.7. The molecular formula is C17H19N5O3. The van der Waals surface area contributed by atoms with E-state index in [0.717, 1.165) is 18.5 Å². The molecule has 130 valence electrons. The Hall–Kier alpha value is -2.90. The standard InChI is InChI=1S/C17H19N5O3/c23-15(13-2-4-14(5-3-13)22-11-19-20-12-22)21-8-1-6-17(7-9-21)10-18-16(24)25-17/h2-5,11-12H,1,6-10H2,(H,18,24). The Morgan fingerprint density at radius 2 is 1.88 bits per heavy atom. The Morgan fingerprint density at radius 3 is 2.56 bits per heavy atom. The fraction of sp³-hybridized carbons (Fsp3) is 0.412. The van der Waals surface area contributed by atoms with Crippen molar-refractivity contribution in [1.82, 2.24) is 25.0 Å². The molecule has 25 heavy (non-hydrogen) atoms. The molecule has 2 fully saturated rings. The summed E-state index contributed by atoms with van der Waals surface area (Å²) >= 11 is 0. The van der Waals surface area contributed by atoms with Crippen molar-refractivity contribution in [2.75, 3.05) is 19.6 Å². The van der Waals surface area contributed by atoms with Gasteiger partial charge in [0, 0.05) is 30.8 Å². The van der Waals surface area contributed by atoms with E-state index in [0.29, 0.717) is 31.6 Å². The molecule has 2 saturated heterocycles. The number of alkyl carbamates (subject to hydrolysis) is 1. The van der Waals surface area contributed by atoms with E-state index < -0.39 is 5.60 Å². The van der Waals surface area contributed by atoms with Crippen molar-refractivity contribution >= 4 is 12.0 Å². The van der Waals surface area contributed by atoms with Gasteiger partial charge in [-0.2, -0.15) is 0 Å². The molecule has 1 aromatic carbocycles. The Bertz CT molecular complexity index is 774. The quantitative estimate of drug-likeness (QED) is 0.891. The molecule has 1 atom stereocenters. The Kier molecular flexibility index (Phi) is 3.87. The van der Waals surface area contributed by atoms with Gasteiger partial charge in [-0.1, -0.05) is 0 Å². The van der Waals surface area contributed by atoms with E-state index in [2.05, 4.69) is 15.5 Å². The lowest BCUT2D eigenvalue weighted by Crippen LogP contribution is -2.36. The van der Waals surface area contributed by atoms with Gasteiger partial charge in [-0.3, -0.25) is 9.36 Å². The van der Waals surface area contributed by atoms with E-state index in [1.807, 2.05) is 29.2 Å². The molecule has 4 rings (SSSR count). The molecule has 0 aliphatic carbocycles. The third-order valence-electron chi connectivity index (χ3n) is 4.88. The van der Waals surface area contributed by atoms with Gasteiger partial charge in [0.15, 0.2) is 0 Å². The highest BCUT2D eigenvalue weighted by Gasteiger charge is 2.41. The maximum atomic E-state index is 12.8. The average Bonchev–Trinajstić information content (AvgIpc) is 3.23. The first-order chi connectivity index (χ1) is 12.2. The first-order valence-electron chi connectivity index (χ1n) is 8.36. The zero-order valence-corrected chi connectivity index (χ0v) is 13.7. The molecule has 1 spiro atoms. The molecule has 0 radical (unpaired) electrons. The summed E-state index contributed by atoms with van der Waals surface area (Å²) in [4.78, 5) is 26.0. The number of likely N-dealkylation sites (tertiary alicyclic amines) is 1. The number of hydrogen-bond donors (Lipinski definition) is 1. The van der Waals surface area contributed by atoms with Crippen LogP contribution in [0.3, 0.4) is 0 Å².